The van der Waals surface area contributed by atoms with Crippen LogP contribution in [-0.2, 0) is 0 Å². The molecular weight excluding hydrogens is 283 g/mol. The van der Waals surface area contributed by atoms with Gasteiger partial charge in [-0.3, -0.25) is 0 Å². The highest BCUT2D eigenvalue weighted by Crippen LogP contribution is 2.45. The van der Waals surface area contributed by atoms with Crippen LogP contribution < -0.4 is 4.74 Å². The number of hydrogen-bond acceptors (Lipinski definition) is 1. The molecule has 0 unspecified atom stereocenters. The third kappa shape index (κ3) is 3.64. The Balaban J connectivity index is 2.20. The molecular formula is C15H16ClFOS. The molecule has 1 nitrogen and oxygen atoms in total. The van der Waals surface area contributed by atoms with E-state index < -0.39 is 15.8 Å². The minimum atomic E-state index is -0.753. The number of rotatable bonds is 3. The van der Waals surface area contributed by atoms with Gasteiger partial charge in [-0.1, -0.05) is 11.6 Å². The fraction of sp³-hybridized carbons (Fsp3) is 0.200. The molecule has 4 heteroatoms. The Labute approximate surface area is 119 Å². The maximum Gasteiger partial charge on any atom is 0.167 e. The molecule has 2 aromatic rings. The van der Waals surface area contributed by atoms with Gasteiger partial charge in [0.15, 0.2) is 11.6 Å². The van der Waals surface area contributed by atoms with Gasteiger partial charge in [-0.05, 0) is 66.1 Å². The minimum Gasteiger partial charge on any atom is -0.454 e. The van der Waals surface area contributed by atoms with Crippen LogP contribution in [0.5, 0.6) is 11.5 Å². The number of benzene rings is 2. The predicted octanol–water partition coefficient (Wildman–Crippen LogP) is 5.32. The Hall–Kier alpha value is -1.19. The van der Waals surface area contributed by atoms with Crippen LogP contribution in [0.1, 0.15) is 0 Å². The first-order chi connectivity index (χ1) is 8.86. The molecule has 19 heavy (non-hydrogen) atoms. The van der Waals surface area contributed by atoms with Gasteiger partial charge in [0.2, 0.25) is 0 Å². The molecule has 0 bridgehead atoms. The summed E-state index contributed by atoms with van der Waals surface area (Å²) in [5.74, 6) is 0.340. The van der Waals surface area contributed by atoms with Crippen LogP contribution >= 0.6 is 21.6 Å². The maximum atomic E-state index is 13.6. The van der Waals surface area contributed by atoms with Crippen molar-refractivity contribution in [2.45, 2.75) is 4.90 Å². The summed E-state index contributed by atoms with van der Waals surface area (Å²) < 4.78 is 19.1. The number of halogens is 2. The molecule has 0 saturated carbocycles. The highest BCUT2D eigenvalue weighted by atomic mass is 35.5. The molecule has 0 heterocycles. The van der Waals surface area contributed by atoms with Gasteiger partial charge in [-0.15, -0.1) is 0 Å². The lowest BCUT2D eigenvalue weighted by molar-refractivity contribution is 0.442. The van der Waals surface area contributed by atoms with Gasteiger partial charge in [0.1, 0.15) is 5.75 Å². The zero-order valence-electron chi connectivity index (χ0n) is 11.1. The van der Waals surface area contributed by atoms with E-state index >= 15 is 0 Å². The second-order valence-corrected chi connectivity index (χ2v) is 9.57. The number of hydrogen-bond donors (Lipinski definition) is 0. The molecule has 0 N–H and O–H groups in total. The molecule has 0 aliphatic heterocycles. The molecule has 0 amide bonds. The van der Waals surface area contributed by atoms with E-state index in [9.17, 15) is 4.39 Å². The van der Waals surface area contributed by atoms with E-state index in [0.29, 0.717) is 10.8 Å². The van der Waals surface area contributed by atoms with Crippen molar-refractivity contribution in [3.05, 3.63) is 53.3 Å². The Morgan fingerprint density at radius 2 is 1.63 bits per heavy atom. The van der Waals surface area contributed by atoms with E-state index in [1.807, 2.05) is 24.3 Å². The van der Waals surface area contributed by atoms with Crippen LogP contribution in [0.15, 0.2) is 47.4 Å². The van der Waals surface area contributed by atoms with Crippen LogP contribution in [0.3, 0.4) is 0 Å². The van der Waals surface area contributed by atoms with Crippen molar-refractivity contribution in [1.29, 1.82) is 0 Å². The Kier molecular flexibility index (Phi) is 4.07. The Bertz CT molecular complexity index is 576. The summed E-state index contributed by atoms with van der Waals surface area (Å²) in [5.41, 5.74) is 0. The smallest absolute Gasteiger partial charge is 0.167 e. The quantitative estimate of drug-likeness (QED) is 0.744. The summed E-state index contributed by atoms with van der Waals surface area (Å²) in [6.45, 7) is 0. The number of ether oxygens (including phenoxy) is 1. The summed E-state index contributed by atoms with van der Waals surface area (Å²) in [5, 5.41) is 0.358. The summed E-state index contributed by atoms with van der Waals surface area (Å²) in [6, 6.07) is 12.2. The topological polar surface area (TPSA) is 9.23 Å². The first-order valence-corrected chi connectivity index (χ1v) is 9.01. The molecule has 0 aliphatic carbocycles. The first kappa shape index (κ1) is 14.2. The summed E-state index contributed by atoms with van der Waals surface area (Å²) >= 11 is 5.70. The van der Waals surface area contributed by atoms with Crippen LogP contribution in [0.25, 0.3) is 0 Å². The van der Waals surface area contributed by atoms with E-state index in [1.54, 1.807) is 6.07 Å². The van der Waals surface area contributed by atoms with E-state index in [2.05, 4.69) is 18.8 Å². The second-order valence-electron chi connectivity index (χ2n) is 4.99. The second kappa shape index (κ2) is 5.43. The monoisotopic (exact) mass is 298 g/mol. The van der Waals surface area contributed by atoms with Gasteiger partial charge in [0.05, 0.1) is 0 Å². The Morgan fingerprint density at radius 3 is 2.16 bits per heavy atom. The van der Waals surface area contributed by atoms with Gasteiger partial charge in [0.25, 0.3) is 0 Å². The van der Waals surface area contributed by atoms with Crippen molar-refractivity contribution >= 4 is 21.6 Å². The van der Waals surface area contributed by atoms with Crippen LogP contribution in [0.4, 0.5) is 4.39 Å². The van der Waals surface area contributed by atoms with Crippen LogP contribution in [0, 0.1) is 5.82 Å². The average Bonchev–Trinajstić information content (AvgIpc) is 2.32. The van der Waals surface area contributed by atoms with E-state index in [0.717, 1.165) is 0 Å². The zero-order valence-corrected chi connectivity index (χ0v) is 12.7. The summed E-state index contributed by atoms with van der Waals surface area (Å²) in [7, 11) is -0.753. The van der Waals surface area contributed by atoms with Gasteiger partial charge in [0, 0.05) is 5.02 Å². The van der Waals surface area contributed by atoms with Crippen molar-refractivity contribution in [2.75, 3.05) is 18.8 Å². The zero-order chi connectivity index (χ0) is 14.0. The fourth-order valence-corrected chi connectivity index (χ4v) is 2.71. The van der Waals surface area contributed by atoms with Crippen LogP contribution in [-0.4, -0.2) is 18.8 Å². The minimum absolute atomic E-state index is 0.181. The third-order valence-corrected chi connectivity index (χ3v) is 4.57. The molecule has 2 aromatic carbocycles. The maximum absolute atomic E-state index is 13.6. The van der Waals surface area contributed by atoms with Crippen molar-refractivity contribution in [3.8, 4) is 11.5 Å². The van der Waals surface area contributed by atoms with Gasteiger partial charge < -0.3 is 4.74 Å². The summed E-state index contributed by atoms with van der Waals surface area (Å²) in [4.78, 5) is 1.29. The van der Waals surface area contributed by atoms with Gasteiger partial charge >= 0.3 is 0 Å². The molecule has 2 rings (SSSR count). The third-order valence-electron chi connectivity index (χ3n) is 2.65. The normalized spacial score (nSPS) is 12.3. The molecule has 0 aliphatic rings. The van der Waals surface area contributed by atoms with E-state index in [-0.39, 0.29) is 5.75 Å². The molecule has 0 saturated heterocycles. The standard InChI is InChI=1S/C15H16ClFOS/c1-19(2,3)13-7-5-12(6-8-13)18-15-9-4-11(16)10-14(15)17/h4-10H,1-3H3. The van der Waals surface area contributed by atoms with Crippen molar-refractivity contribution in [2.24, 2.45) is 0 Å². The summed E-state index contributed by atoms with van der Waals surface area (Å²) in [6.07, 6.45) is 6.67. The molecule has 0 aromatic heterocycles. The molecule has 0 spiro atoms. The fourth-order valence-electron chi connectivity index (χ4n) is 1.60. The van der Waals surface area contributed by atoms with Crippen molar-refractivity contribution < 1.29 is 9.13 Å². The molecule has 102 valence electrons. The van der Waals surface area contributed by atoms with Gasteiger partial charge in [-0.25, -0.2) is 14.4 Å². The Morgan fingerprint density at radius 1 is 1.00 bits per heavy atom. The van der Waals surface area contributed by atoms with Crippen molar-refractivity contribution in [1.82, 2.24) is 0 Å². The van der Waals surface area contributed by atoms with E-state index in [4.69, 9.17) is 16.3 Å². The largest absolute Gasteiger partial charge is 0.454 e. The van der Waals surface area contributed by atoms with Crippen LogP contribution in [0.2, 0.25) is 5.02 Å². The average molecular weight is 299 g/mol. The lowest BCUT2D eigenvalue weighted by Gasteiger charge is -2.25. The molecule has 0 radical (unpaired) electrons. The van der Waals surface area contributed by atoms with Crippen molar-refractivity contribution in [3.63, 3.8) is 0 Å². The predicted molar refractivity (Wildman–Crippen MR) is 81.6 cm³/mol. The SMILES string of the molecule is CS(C)(C)c1ccc(Oc2ccc(Cl)cc2F)cc1. The molecule has 0 fully saturated rings. The highest BCUT2D eigenvalue weighted by Gasteiger charge is 2.09. The lowest BCUT2D eigenvalue weighted by atomic mass is 10.3. The lowest BCUT2D eigenvalue weighted by Crippen LogP contribution is -1.93. The van der Waals surface area contributed by atoms with Gasteiger partial charge in [-0.2, -0.15) is 0 Å². The van der Waals surface area contributed by atoms with E-state index in [1.165, 1.54) is 17.0 Å². The first-order valence-electron chi connectivity index (χ1n) is 5.77. The molecule has 0 atom stereocenters. The highest BCUT2D eigenvalue weighted by molar-refractivity contribution is 8.32.